The van der Waals surface area contributed by atoms with E-state index < -0.39 is 0 Å². The molecule has 5 rings (SSSR count). The zero-order valence-corrected chi connectivity index (χ0v) is 18.5. The molecule has 0 atom stereocenters. The highest BCUT2D eigenvalue weighted by Crippen LogP contribution is 2.35. The Bertz CT molecular complexity index is 1320. The largest absolute Gasteiger partial charge is 0.358 e. The number of H-pyrrole nitrogens is 1. The van der Waals surface area contributed by atoms with Gasteiger partial charge in [0.25, 0.3) is 0 Å². The molecule has 33 heavy (non-hydrogen) atoms. The van der Waals surface area contributed by atoms with E-state index >= 15 is 0 Å². The van der Waals surface area contributed by atoms with Gasteiger partial charge in [-0.3, -0.25) is 9.59 Å². The molecule has 166 valence electrons. The second-order valence-corrected chi connectivity index (χ2v) is 8.38. The van der Waals surface area contributed by atoms with Crippen LogP contribution in [0.5, 0.6) is 0 Å². The first-order chi connectivity index (χ1) is 16.1. The minimum Gasteiger partial charge on any atom is -0.358 e. The molecule has 7 heteroatoms. The number of hydrogen-bond acceptors (Lipinski definition) is 4. The first kappa shape index (κ1) is 20.9. The molecule has 0 saturated heterocycles. The number of Topliss-reactive ketones (excluding diaryl/α,β-unsaturated/α-hetero) is 1. The Hall–Kier alpha value is -4.00. The molecule has 1 aliphatic rings. The lowest BCUT2D eigenvalue weighted by Crippen LogP contribution is -2.17. The third kappa shape index (κ3) is 4.35. The Morgan fingerprint density at radius 2 is 1.97 bits per heavy atom. The van der Waals surface area contributed by atoms with E-state index in [0.29, 0.717) is 24.5 Å². The fourth-order valence-electron chi connectivity index (χ4n) is 4.45. The third-order valence-corrected chi connectivity index (χ3v) is 6.07. The number of carbonyl (C=O) groups is 2. The molecule has 3 heterocycles. The van der Waals surface area contributed by atoms with E-state index in [4.69, 9.17) is 0 Å². The summed E-state index contributed by atoms with van der Waals surface area (Å²) in [5.74, 6) is 1.17. The Balaban J connectivity index is 1.47. The number of pyridine rings is 1. The van der Waals surface area contributed by atoms with Crippen molar-refractivity contribution < 1.29 is 9.59 Å². The number of ketones is 1. The van der Waals surface area contributed by atoms with Gasteiger partial charge in [-0.2, -0.15) is 0 Å². The van der Waals surface area contributed by atoms with Crippen LogP contribution in [0.1, 0.15) is 45.8 Å². The summed E-state index contributed by atoms with van der Waals surface area (Å²) in [4.78, 5) is 37.4. The van der Waals surface area contributed by atoms with Crippen LogP contribution in [-0.2, 0) is 31.1 Å². The second kappa shape index (κ2) is 8.86. The lowest BCUT2D eigenvalue weighted by molar-refractivity contribution is -0.115. The zero-order valence-electron chi connectivity index (χ0n) is 18.5. The van der Waals surface area contributed by atoms with Gasteiger partial charge in [0.2, 0.25) is 5.91 Å². The van der Waals surface area contributed by atoms with Gasteiger partial charge in [0, 0.05) is 55.3 Å². The summed E-state index contributed by atoms with van der Waals surface area (Å²) in [7, 11) is 1.86. The normalized spacial score (nSPS) is 13.1. The smallest absolute Gasteiger partial charge is 0.233 e. The van der Waals surface area contributed by atoms with Gasteiger partial charge < -0.3 is 14.9 Å². The van der Waals surface area contributed by atoms with Crippen molar-refractivity contribution in [2.75, 3.05) is 5.32 Å². The van der Waals surface area contributed by atoms with Crippen molar-refractivity contribution in [3.05, 3.63) is 89.3 Å². The molecule has 1 aromatic carbocycles. The summed E-state index contributed by atoms with van der Waals surface area (Å²) in [5, 5.41) is 2.87. The summed E-state index contributed by atoms with van der Waals surface area (Å²) < 4.78 is 1.82. The predicted octanol–water partition coefficient (Wildman–Crippen LogP) is 4.10. The topological polar surface area (TPSA) is 92.7 Å². The number of aromatic amines is 1. The van der Waals surface area contributed by atoms with Crippen LogP contribution in [0.2, 0.25) is 0 Å². The number of nitrogens with zero attached hydrogens (tertiary/aromatic N) is 3. The maximum Gasteiger partial charge on any atom is 0.233 e. The van der Waals surface area contributed by atoms with E-state index in [0.717, 1.165) is 46.5 Å². The van der Waals surface area contributed by atoms with Crippen LogP contribution < -0.4 is 5.32 Å². The number of aryl methyl sites for hydroxylation is 2. The predicted molar refractivity (Wildman–Crippen MR) is 126 cm³/mol. The highest BCUT2D eigenvalue weighted by atomic mass is 16.1. The summed E-state index contributed by atoms with van der Waals surface area (Å²) >= 11 is 0. The van der Waals surface area contributed by atoms with E-state index in [-0.39, 0.29) is 18.1 Å². The van der Waals surface area contributed by atoms with Gasteiger partial charge in [-0.15, -0.1) is 0 Å². The molecule has 2 N–H and O–H groups in total. The van der Waals surface area contributed by atoms with Crippen LogP contribution in [-0.4, -0.2) is 31.2 Å². The quantitative estimate of drug-likeness (QED) is 0.473. The number of anilines is 1. The number of imidazole rings is 1. The van der Waals surface area contributed by atoms with Crippen LogP contribution in [0.3, 0.4) is 0 Å². The molecular weight excluding hydrogens is 414 g/mol. The minimum absolute atomic E-state index is 0.167. The molecule has 4 aromatic rings. The van der Waals surface area contributed by atoms with Crippen LogP contribution >= 0.6 is 0 Å². The molecule has 1 amide bonds. The van der Waals surface area contributed by atoms with Crippen molar-refractivity contribution in [2.45, 2.75) is 32.1 Å². The van der Waals surface area contributed by atoms with Crippen molar-refractivity contribution in [2.24, 2.45) is 7.05 Å². The lowest BCUT2D eigenvalue weighted by atomic mass is 9.90. The Morgan fingerprint density at radius 1 is 1.12 bits per heavy atom. The number of fused-ring (bicyclic) bond motifs is 1. The molecule has 0 fully saturated rings. The molecule has 0 bridgehead atoms. The number of rotatable bonds is 6. The summed E-state index contributed by atoms with van der Waals surface area (Å²) in [5.41, 5.74) is 5.81. The standard InChI is InChI=1S/C26H25N5O2/c1-31-13-12-28-23(31)16-24(33)30-22-15-18(10-11-27-22)26-19(14-17-6-3-2-4-7-17)25-20(29-26)8-5-9-21(25)32/h2-4,6-7,10-13,15,29H,5,8-9,14,16H2,1H3,(H,27,30,33). The van der Waals surface area contributed by atoms with Gasteiger partial charge in [-0.05, 0) is 36.1 Å². The zero-order chi connectivity index (χ0) is 22.8. The third-order valence-electron chi connectivity index (χ3n) is 6.07. The average molecular weight is 440 g/mol. The SMILES string of the molecule is Cn1ccnc1CC(=O)Nc1cc(-c2[nH]c3c(c2Cc2ccccc2)C(=O)CCC3)ccn1. The van der Waals surface area contributed by atoms with E-state index in [2.05, 4.69) is 32.4 Å². The highest BCUT2D eigenvalue weighted by molar-refractivity contribution is 6.01. The van der Waals surface area contributed by atoms with Gasteiger partial charge in [-0.1, -0.05) is 30.3 Å². The van der Waals surface area contributed by atoms with Crippen molar-refractivity contribution in [1.82, 2.24) is 19.5 Å². The van der Waals surface area contributed by atoms with Crippen molar-refractivity contribution >= 4 is 17.5 Å². The number of benzene rings is 1. The lowest BCUT2D eigenvalue weighted by Gasteiger charge is -2.12. The monoisotopic (exact) mass is 439 g/mol. The first-order valence-corrected chi connectivity index (χ1v) is 11.1. The number of amides is 1. The number of aromatic nitrogens is 4. The van der Waals surface area contributed by atoms with Crippen molar-refractivity contribution in [1.29, 1.82) is 0 Å². The molecule has 0 saturated carbocycles. The van der Waals surface area contributed by atoms with Crippen molar-refractivity contribution in [3.8, 4) is 11.3 Å². The summed E-state index contributed by atoms with van der Waals surface area (Å²) in [6, 6.07) is 13.9. The van der Waals surface area contributed by atoms with Gasteiger partial charge in [-0.25, -0.2) is 9.97 Å². The molecule has 3 aromatic heterocycles. The Kier molecular flexibility index (Phi) is 5.60. The maximum absolute atomic E-state index is 12.8. The molecule has 0 aliphatic heterocycles. The molecule has 7 nitrogen and oxygen atoms in total. The first-order valence-electron chi connectivity index (χ1n) is 11.1. The Morgan fingerprint density at radius 3 is 2.76 bits per heavy atom. The molecule has 0 radical (unpaired) electrons. The van der Waals surface area contributed by atoms with E-state index in [1.54, 1.807) is 12.4 Å². The highest BCUT2D eigenvalue weighted by Gasteiger charge is 2.26. The number of carbonyl (C=O) groups excluding carboxylic acids is 2. The van der Waals surface area contributed by atoms with Crippen LogP contribution in [0.4, 0.5) is 5.82 Å². The molecular formula is C26H25N5O2. The fourth-order valence-corrected chi connectivity index (χ4v) is 4.45. The van der Waals surface area contributed by atoms with E-state index in [1.807, 2.05) is 48.1 Å². The molecule has 0 spiro atoms. The minimum atomic E-state index is -0.181. The second-order valence-electron chi connectivity index (χ2n) is 8.38. The molecule has 1 aliphatic carbocycles. The van der Waals surface area contributed by atoms with Crippen LogP contribution in [0.15, 0.2) is 61.1 Å². The van der Waals surface area contributed by atoms with Crippen molar-refractivity contribution in [3.63, 3.8) is 0 Å². The van der Waals surface area contributed by atoms with Crippen LogP contribution in [0, 0.1) is 0 Å². The maximum atomic E-state index is 12.8. The fraction of sp³-hybridized carbons (Fsp3) is 0.231. The summed E-state index contributed by atoms with van der Waals surface area (Å²) in [6.07, 6.45) is 8.30. The van der Waals surface area contributed by atoms with Gasteiger partial charge in [0.1, 0.15) is 11.6 Å². The average Bonchev–Trinajstić information content (AvgIpc) is 3.39. The summed E-state index contributed by atoms with van der Waals surface area (Å²) in [6.45, 7) is 0. The Labute approximate surface area is 191 Å². The van der Waals surface area contributed by atoms with Gasteiger partial charge >= 0.3 is 0 Å². The van der Waals surface area contributed by atoms with Gasteiger partial charge in [0.15, 0.2) is 5.78 Å². The van der Waals surface area contributed by atoms with Crippen LogP contribution in [0.25, 0.3) is 11.3 Å². The molecule has 0 unspecified atom stereocenters. The van der Waals surface area contributed by atoms with E-state index in [9.17, 15) is 9.59 Å². The number of hydrogen-bond donors (Lipinski definition) is 2. The number of nitrogens with one attached hydrogen (secondary N) is 2. The van der Waals surface area contributed by atoms with Gasteiger partial charge in [0.05, 0.1) is 12.1 Å². The van der Waals surface area contributed by atoms with E-state index in [1.165, 1.54) is 0 Å².